The first-order valence-electron chi connectivity index (χ1n) is 5.08. The fraction of sp³-hybridized carbons (Fsp3) is 0.333. The zero-order chi connectivity index (χ0) is 9.97. The molecule has 0 aliphatic rings. The summed E-state index contributed by atoms with van der Waals surface area (Å²) < 4.78 is 0. The second kappa shape index (κ2) is 3.84. The van der Waals surface area contributed by atoms with Crippen LogP contribution >= 0.6 is 0 Å². The van der Waals surface area contributed by atoms with Gasteiger partial charge in [0.15, 0.2) is 0 Å². The highest BCUT2D eigenvalue weighted by Gasteiger charge is 2.04. The standard InChI is InChI=1S/C12H16N2/c1-9-4-2-6-11-12(9)10(8-14-11)5-3-7-13/h2,4,6,8,14H,3,5,7,13H2,1H3. The molecule has 0 atom stereocenters. The van der Waals surface area contributed by atoms with Gasteiger partial charge in [0.05, 0.1) is 0 Å². The molecule has 1 aromatic heterocycles. The Morgan fingerprint density at radius 3 is 3.00 bits per heavy atom. The monoisotopic (exact) mass is 188 g/mol. The summed E-state index contributed by atoms with van der Waals surface area (Å²) in [5.41, 5.74) is 9.49. The molecule has 0 saturated carbocycles. The van der Waals surface area contributed by atoms with E-state index in [0.717, 1.165) is 19.4 Å². The number of hydrogen-bond donors (Lipinski definition) is 2. The van der Waals surface area contributed by atoms with E-state index in [0.29, 0.717) is 0 Å². The van der Waals surface area contributed by atoms with Crippen molar-refractivity contribution < 1.29 is 0 Å². The number of hydrogen-bond acceptors (Lipinski definition) is 1. The second-order valence-electron chi connectivity index (χ2n) is 3.70. The molecule has 0 amide bonds. The molecule has 0 bridgehead atoms. The maximum absolute atomic E-state index is 5.52. The predicted octanol–water partition coefficient (Wildman–Crippen LogP) is 2.37. The van der Waals surface area contributed by atoms with E-state index < -0.39 is 0 Å². The molecule has 2 heteroatoms. The molecule has 0 radical (unpaired) electrons. The maximum atomic E-state index is 5.52. The molecule has 1 aromatic carbocycles. The Bertz CT molecular complexity index is 429. The van der Waals surface area contributed by atoms with Crippen LogP contribution in [0, 0.1) is 6.92 Å². The van der Waals surface area contributed by atoms with Crippen LogP contribution in [-0.2, 0) is 6.42 Å². The van der Waals surface area contributed by atoms with Crippen LogP contribution in [0.1, 0.15) is 17.5 Å². The highest BCUT2D eigenvalue weighted by atomic mass is 14.7. The van der Waals surface area contributed by atoms with Gasteiger partial charge >= 0.3 is 0 Å². The summed E-state index contributed by atoms with van der Waals surface area (Å²) in [6, 6.07) is 6.36. The molecule has 2 rings (SSSR count). The summed E-state index contributed by atoms with van der Waals surface area (Å²) in [5.74, 6) is 0. The molecule has 0 aliphatic heterocycles. The highest BCUT2D eigenvalue weighted by molar-refractivity contribution is 5.86. The predicted molar refractivity (Wildman–Crippen MR) is 60.4 cm³/mol. The summed E-state index contributed by atoms with van der Waals surface area (Å²) in [6.45, 7) is 2.92. The number of aromatic amines is 1. The molecule has 0 fully saturated rings. The van der Waals surface area contributed by atoms with Crippen LogP contribution in [-0.4, -0.2) is 11.5 Å². The van der Waals surface area contributed by atoms with Gasteiger partial charge in [0, 0.05) is 17.1 Å². The van der Waals surface area contributed by atoms with Crippen molar-refractivity contribution in [2.75, 3.05) is 6.54 Å². The first-order valence-corrected chi connectivity index (χ1v) is 5.08. The van der Waals surface area contributed by atoms with Crippen molar-refractivity contribution in [3.05, 3.63) is 35.5 Å². The van der Waals surface area contributed by atoms with Crippen LogP contribution < -0.4 is 5.73 Å². The average Bonchev–Trinajstić information content (AvgIpc) is 2.59. The molecule has 14 heavy (non-hydrogen) atoms. The number of nitrogens with one attached hydrogen (secondary N) is 1. The number of fused-ring (bicyclic) bond motifs is 1. The van der Waals surface area contributed by atoms with Crippen molar-refractivity contribution in [3.63, 3.8) is 0 Å². The van der Waals surface area contributed by atoms with Gasteiger partial charge in [-0.05, 0) is 43.5 Å². The molecule has 3 N–H and O–H groups in total. The Kier molecular flexibility index (Phi) is 2.55. The molecule has 2 aromatic rings. The molecule has 0 unspecified atom stereocenters. The smallest absolute Gasteiger partial charge is 0.0459 e. The van der Waals surface area contributed by atoms with Gasteiger partial charge in [-0.15, -0.1) is 0 Å². The van der Waals surface area contributed by atoms with E-state index in [1.165, 1.54) is 22.0 Å². The Hall–Kier alpha value is -1.28. The van der Waals surface area contributed by atoms with E-state index in [1.807, 2.05) is 0 Å². The van der Waals surface area contributed by atoms with Crippen LogP contribution in [0.2, 0.25) is 0 Å². The van der Waals surface area contributed by atoms with Gasteiger partial charge < -0.3 is 10.7 Å². The van der Waals surface area contributed by atoms with E-state index in [-0.39, 0.29) is 0 Å². The summed E-state index contributed by atoms with van der Waals surface area (Å²) in [4.78, 5) is 3.30. The second-order valence-corrected chi connectivity index (χ2v) is 3.70. The minimum absolute atomic E-state index is 0.762. The van der Waals surface area contributed by atoms with Crippen LogP contribution in [0.3, 0.4) is 0 Å². The van der Waals surface area contributed by atoms with Crippen molar-refractivity contribution in [2.45, 2.75) is 19.8 Å². The average molecular weight is 188 g/mol. The first-order chi connectivity index (χ1) is 6.83. The number of H-pyrrole nitrogens is 1. The topological polar surface area (TPSA) is 41.8 Å². The molecular formula is C12H16N2. The summed E-state index contributed by atoms with van der Waals surface area (Å²) in [5, 5.41) is 1.38. The van der Waals surface area contributed by atoms with E-state index in [2.05, 4.69) is 36.3 Å². The van der Waals surface area contributed by atoms with Crippen molar-refractivity contribution in [1.29, 1.82) is 0 Å². The van der Waals surface area contributed by atoms with Crippen LogP contribution in [0.5, 0.6) is 0 Å². The summed E-state index contributed by atoms with van der Waals surface area (Å²) in [7, 11) is 0. The third-order valence-electron chi connectivity index (χ3n) is 2.65. The lowest BCUT2D eigenvalue weighted by Gasteiger charge is -2.00. The maximum Gasteiger partial charge on any atom is 0.0459 e. The lowest BCUT2D eigenvalue weighted by Crippen LogP contribution is -1.99. The number of rotatable bonds is 3. The minimum atomic E-state index is 0.762. The lowest BCUT2D eigenvalue weighted by molar-refractivity contribution is 0.836. The zero-order valence-corrected chi connectivity index (χ0v) is 8.51. The normalized spacial score (nSPS) is 11.0. The third-order valence-corrected chi connectivity index (χ3v) is 2.65. The SMILES string of the molecule is Cc1cccc2[nH]cc(CCCN)c12. The van der Waals surface area contributed by atoms with Crippen molar-refractivity contribution in [2.24, 2.45) is 5.73 Å². The summed E-state index contributed by atoms with van der Waals surface area (Å²) >= 11 is 0. The number of nitrogens with two attached hydrogens (primary N) is 1. The van der Waals surface area contributed by atoms with E-state index in [4.69, 9.17) is 5.73 Å². The third kappa shape index (κ3) is 1.53. The minimum Gasteiger partial charge on any atom is -0.361 e. The molecule has 2 nitrogen and oxygen atoms in total. The van der Waals surface area contributed by atoms with Crippen molar-refractivity contribution >= 4 is 10.9 Å². The number of aromatic nitrogens is 1. The Balaban J connectivity index is 2.45. The van der Waals surface area contributed by atoms with Crippen molar-refractivity contribution in [3.8, 4) is 0 Å². The molecular weight excluding hydrogens is 172 g/mol. The fourth-order valence-electron chi connectivity index (χ4n) is 1.94. The van der Waals surface area contributed by atoms with Crippen LogP contribution in [0.25, 0.3) is 10.9 Å². The molecule has 74 valence electrons. The molecule has 0 aliphatic carbocycles. The Morgan fingerprint density at radius 1 is 1.36 bits per heavy atom. The molecule has 0 saturated heterocycles. The van der Waals surface area contributed by atoms with E-state index in [9.17, 15) is 0 Å². The Morgan fingerprint density at radius 2 is 2.21 bits per heavy atom. The van der Waals surface area contributed by atoms with Gasteiger partial charge in [0.25, 0.3) is 0 Å². The largest absolute Gasteiger partial charge is 0.361 e. The first kappa shape index (κ1) is 9.28. The lowest BCUT2D eigenvalue weighted by atomic mass is 10.0. The quantitative estimate of drug-likeness (QED) is 0.763. The highest BCUT2D eigenvalue weighted by Crippen LogP contribution is 2.22. The van der Waals surface area contributed by atoms with Gasteiger partial charge in [-0.1, -0.05) is 12.1 Å². The van der Waals surface area contributed by atoms with Crippen LogP contribution in [0.4, 0.5) is 0 Å². The zero-order valence-electron chi connectivity index (χ0n) is 8.51. The Labute approximate surface area is 84.1 Å². The van der Waals surface area contributed by atoms with E-state index >= 15 is 0 Å². The van der Waals surface area contributed by atoms with Gasteiger partial charge in [-0.2, -0.15) is 0 Å². The number of benzene rings is 1. The van der Waals surface area contributed by atoms with Crippen molar-refractivity contribution in [1.82, 2.24) is 4.98 Å². The van der Waals surface area contributed by atoms with Gasteiger partial charge in [0.1, 0.15) is 0 Å². The molecule has 0 spiro atoms. The van der Waals surface area contributed by atoms with Gasteiger partial charge in [-0.3, -0.25) is 0 Å². The van der Waals surface area contributed by atoms with Gasteiger partial charge in [0.2, 0.25) is 0 Å². The summed E-state index contributed by atoms with van der Waals surface area (Å²) in [6.07, 6.45) is 4.23. The van der Waals surface area contributed by atoms with Crippen LogP contribution in [0.15, 0.2) is 24.4 Å². The van der Waals surface area contributed by atoms with E-state index in [1.54, 1.807) is 0 Å². The molecule has 1 heterocycles. The number of aryl methyl sites for hydroxylation is 2. The fourth-order valence-corrected chi connectivity index (χ4v) is 1.94. The van der Waals surface area contributed by atoms with Gasteiger partial charge in [-0.25, -0.2) is 0 Å².